The number of ether oxygens (including phenoxy) is 1. The van der Waals surface area contributed by atoms with E-state index in [0.717, 1.165) is 40.4 Å². The Bertz CT molecular complexity index is 559. The highest BCUT2D eigenvalue weighted by Crippen LogP contribution is 2.22. The lowest BCUT2D eigenvalue weighted by molar-refractivity contribution is 0.199. The predicted molar refractivity (Wildman–Crippen MR) is 84.1 cm³/mol. The second kappa shape index (κ2) is 7.78. The van der Waals surface area contributed by atoms with Gasteiger partial charge in [0.2, 0.25) is 0 Å². The van der Waals surface area contributed by atoms with E-state index in [9.17, 15) is 0 Å². The monoisotopic (exact) mass is 357 g/mol. The molecule has 0 aliphatic heterocycles. The lowest BCUT2D eigenvalue weighted by Crippen LogP contribution is -2.18. The first-order valence-electron chi connectivity index (χ1n) is 6.33. The number of rotatable bonds is 7. The SMILES string of the molecule is COCCNCc1cn(Cc2ccc(Br)cc2Cl)cn1. The van der Waals surface area contributed by atoms with Crippen LogP contribution in [0.1, 0.15) is 11.3 Å². The maximum absolute atomic E-state index is 6.21. The highest BCUT2D eigenvalue weighted by Gasteiger charge is 2.04. The average molecular weight is 359 g/mol. The van der Waals surface area contributed by atoms with E-state index in [4.69, 9.17) is 16.3 Å². The maximum atomic E-state index is 6.21. The van der Waals surface area contributed by atoms with Crippen molar-refractivity contribution in [3.8, 4) is 0 Å². The van der Waals surface area contributed by atoms with Crippen molar-refractivity contribution < 1.29 is 4.74 Å². The fraction of sp³-hybridized carbons (Fsp3) is 0.357. The fourth-order valence-electron chi connectivity index (χ4n) is 1.82. The van der Waals surface area contributed by atoms with E-state index in [-0.39, 0.29) is 0 Å². The third kappa shape index (κ3) is 4.59. The number of aromatic nitrogens is 2. The van der Waals surface area contributed by atoms with E-state index in [2.05, 4.69) is 26.2 Å². The topological polar surface area (TPSA) is 39.1 Å². The van der Waals surface area contributed by atoms with Crippen LogP contribution in [0.4, 0.5) is 0 Å². The molecular formula is C14H17BrClN3O. The van der Waals surface area contributed by atoms with Gasteiger partial charge in [0.25, 0.3) is 0 Å². The third-order valence-corrected chi connectivity index (χ3v) is 3.69. The van der Waals surface area contributed by atoms with E-state index >= 15 is 0 Å². The molecule has 2 aromatic rings. The zero-order chi connectivity index (χ0) is 14.4. The molecule has 0 unspecified atom stereocenters. The van der Waals surface area contributed by atoms with Crippen molar-refractivity contribution in [2.75, 3.05) is 20.3 Å². The first-order chi connectivity index (χ1) is 9.69. The van der Waals surface area contributed by atoms with E-state index in [1.54, 1.807) is 7.11 Å². The molecule has 0 aliphatic rings. The summed E-state index contributed by atoms with van der Waals surface area (Å²) in [7, 11) is 1.69. The summed E-state index contributed by atoms with van der Waals surface area (Å²) in [6.45, 7) is 2.98. The number of hydrogen-bond donors (Lipinski definition) is 1. The van der Waals surface area contributed by atoms with Gasteiger partial charge in [0.1, 0.15) is 0 Å². The molecule has 2 rings (SSSR count). The van der Waals surface area contributed by atoms with Crippen LogP contribution in [0.2, 0.25) is 5.02 Å². The molecule has 1 aromatic carbocycles. The molecule has 6 heteroatoms. The Kier molecular flexibility index (Phi) is 6.04. The molecule has 4 nitrogen and oxygen atoms in total. The van der Waals surface area contributed by atoms with Crippen molar-refractivity contribution in [3.63, 3.8) is 0 Å². The van der Waals surface area contributed by atoms with Gasteiger partial charge in [-0.05, 0) is 17.7 Å². The first kappa shape index (κ1) is 15.5. The standard InChI is InChI=1S/C14H17BrClN3O/c1-20-5-4-17-7-13-9-19(10-18-13)8-11-2-3-12(15)6-14(11)16/h2-3,6,9-10,17H,4-5,7-8H2,1H3. The second-order valence-electron chi connectivity index (χ2n) is 4.44. The molecule has 0 spiro atoms. The molecule has 1 heterocycles. The second-order valence-corrected chi connectivity index (χ2v) is 5.77. The molecule has 20 heavy (non-hydrogen) atoms. The van der Waals surface area contributed by atoms with Gasteiger partial charge in [0, 0.05) is 42.4 Å². The summed E-state index contributed by atoms with van der Waals surface area (Å²) in [6, 6.07) is 5.91. The van der Waals surface area contributed by atoms with Crippen molar-refractivity contribution in [3.05, 3.63) is 51.5 Å². The summed E-state index contributed by atoms with van der Waals surface area (Å²) in [4.78, 5) is 4.36. The number of methoxy groups -OCH3 is 1. The van der Waals surface area contributed by atoms with Crippen LogP contribution < -0.4 is 5.32 Å². The van der Waals surface area contributed by atoms with Gasteiger partial charge < -0.3 is 14.6 Å². The molecule has 0 saturated heterocycles. The number of imidazole rings is 1. The molecule has 1 aromatic heterocycles. The molecule has 1 N–H and O–H groups in total. The van der Waals surface area contributed by atoms with Gasteiger partial charge in [-0.25, -0.2) is 4.98 Å². The van der Waals surface area contributed by atoms with Gasteiger partial charge in [-0.2, -0.15) is 0 Å². The van der Waals surface area contributed by atoms with E-state index in [1.807, 2.05) is 35.3 Å². The average Bonchev–Trinajstić information content (AvgIpc) is 2.86. The van der Waals surface area contributed by atoms with Gasteiger partial charge >= 0.3 is 0 Å². The van der Waals surface area contributed by atoms with Gasteiger partial charge in [0.05, 0.1) is 18.6 Å². The van der Waals surface area contributed by atoms with Gasteiger partial charge in [-0.15, -0.1) is 0 Å². The van der Waals surface area contributed by atoms with Crippen LogP contribution >= 0.6 is 27.5 Å². The summed E-state index contributed by atoms with van der Waals surface area (Å²) in [5.74, 6) is 0. The Morgan fingerprint density at radius 3 is 3.05 bits per heavy atom. The summed E-state index contributed by atoms with van der Waals surface area (Å²) in [6.07, 6.45) is 3.85. The van der Waals surface area contributed by atoms with E-state index in [1.165, 1.54) is 0 Å². The van der Waals surface area contributed by atoms with E-state index in [0.29, 0.717) is 6.61 Å². The molecular weight excluding hydrogens is 342 g/mol. The molecule has 0 radical (unpaired) electrons. The smallest absolute Gasteiger partial charge is 0.0953 e. The van der Waals surface area contributed by atoms with Gasteiger partial charge in [-0.1, -0.05) is 33.6 Å². The zero-order valence-corrected chi connectivity index (χ0v) is 13.6. The third-order valence-electron chi connectivity index (χ3n) is 2.84. The van der Waals surface area contributed by atoms with Crippen LogP contribution in [0.25, 0.3) is 0 Å². The van der Waals surface area contributed by atoms with Crippen LogP contribution in [0.5, 0.6) is 0 Å². The number of nitrogens with zero attached hydrogens (tertiary/aromatic N) is 2. The summed E-state index contributed by atoms with van der Waals surface area (Å²) in [5, 5.41) is 4.02. The molecule has 0 atom stereocenters. The Morgan fingerprint density at radius 1 is 1.45 bits per heavy atom. The minimum atomic E-state index is 0.704. The predicted octanol–water partition coefficient (Wildman–Crippen LogP) is 3.08. The summed E-state index contributed by atoms with van der Waals surface area (Å²) >= 11 is 9.62. The summed E-state index contributed by atoms with van der Waals surface area (Å²) < 4.78 is 8.00. The summed E-state index contributed by atoms with van der Waals surface area (Å²) in [5.41, 5.74) is 2.08. The first-order valence-corrected chi connectivity index (χ1v) is 7.50. The molecule has 0 bridgehead atoms. The van der Waals surface area contributed by atoms with Crippen molar-refractivity contribution in [1.29, 1.82) is 0 Å². The molecule has 108 valence electrons. The normalized spacial score (nSPS) is 10.9. The number of hydrogen-bond acceptors (Lipinski definition) is 3. The minimum absolute atomic E-state index is 0.704. The quantitative estimate of drug-likeness (QED) is 0.773. The van der Waals surface area contributed by atoms with Crippen LogP contribution in [0, 0.1) is 0 Å². The van der Waals surface area contributed by atoms with E-state index < -0.39 is 0 Å². The highest BCUT2D eigenvalue weighted by molar-refractivity contribution is 9.10. The van der Waals surface area contributed by atoms with Crippen molar-refractivity contribution >= 4 is 27.5 Å². The fourth-order valence-corrected chi connectivity index (χ4v) is 2.55. The number of benzene rings is 1. The Labute approximate surface area is 132 Å². The lowest BCUT2D eigenvalue weighted by Gasteiger charge is -2.05. The number of nitrogens with one attached hydrogen (secondary N) is 1. The van der Waals surface area contributed by atoms with Crippen LogP contribution in [-0.4, -0.2) is 29.8 Å². The molecule has 0 aliphatic carbocycles. The Balaban J connectivity index is 1.92. The molecule has 0 fully saturated rings. The van der Waals surface area contributed by atoms with Crippen molar-refractivity contribution in [2.45, 2.75) is 13.1 Å². The molecule has 0 saturated carbocycles. The number of halogens is 2. The zero-order valence-electron chi connectivity index (χ0n) is 11.3. The van der Waals surface area contributed by atoms with Gasteiger partial charge in [-0.3, -0.25) is 0 Å². The minimum Gasteiger partial charge on any atom is -0.383 e. The van der Waals surface area contributed by atoms with Gasteiger partial charge in [0.15, 0.2) is 0 Å². The van der Waals surface area contributed by atoms with Crippen molar-refractivity contribution in [1.82, 2.24) is 14.9 Å². The Hall–Kier alpha value is -0.880. The Morgan fingerprint density at radius 2 is 2.30 bits per heavy atom. The molecule has 0 amide bonds. The van der Waals surface area contributed by atoms with Crippen LogP contribution in [0.3, 0.4) is 0 Å². The largest absolute Gasteiger partial charge is 0.383 e. The van der Waals surface area contributed by atoms with Crippen molar-refractivity contribution in [2.24, 2.45) is 0 Å². The van der Waals surface area contributed by atoms with Crippen LogP contribution in [0.15, 0.2) is 35.2 Å². The maximum Gasteiger partial charge on any atom is 0.0953 e. The van der Waals surface area contributed by atoms with Crippen LogP contribution in [-0.2, 0) is 17.8 Å². The highest BCUT2D eigenvalue weighted by atomic mass is 79.9. The lowest BCUT2D eigenvalue weighted by atomic mass is 10.2.